The highest BCUT2D eigenvalue weighted by Crippen LogP contribution is 2.31. The van der Waals surface area contributed by atoms with Crippen LogP contribution in [0.4, 0.5) is 18.9 Å². The number of aromatic nitrogens is 2. The molecule has 0 aliphatic carbocycles. The zero-order chi connectivity index (χ0) is 25.7. The fourth-order valence-electron chi connectivity index (χ4n) is 3.46. The Morgan fingerprint density at radius 1 is 0.944 bits per heavy atom. The lowest BCUT2D eigenvalue weighted by Gasteiger charge is -2.12. The highest BCUT2D eigenvalue weighted by molar-refractivity contribution is 6.13. The summed E-state index contributed by atoms with van der Waals surface area (Å²) in [4.78, 5) is 33.0. The Balaban J connectivity index is 1.54. The molecule has 0 unspecified atom stereocenters. The number of amides is 2. The van der Waals surface area contributed by atoms with Gasteiger partial charge in [-0.05, 0) is 59.7 Å². The molecule has 1 heterocycles. The van der Waals surface area contributed by atoms with E-state index in [0.717, 1.165) is 18.6 Å². The predicted molar refractivity (Wildman–Crippen MR) is 128 cm³/mol. The number of alkyl halides is 3. The van der Waals surface area contributed by atoms with Crippen molar-refractivity contribution in [2.75, 3.05) is 11.9 Å². The lowest BCUT2D eigenvalue weighted by atomic mass is 10.0. The van der Waals surface area contributed by atoms with Crippen molar-refractivity contribution in [3.63, 3.8) is 0 Å². The van der Waals surface area contributed by atoms with Gasteiger partial charge in [0, 0.05) is 23.9 Å². The van der Waals surface area contributed by atoms with E-state index >= 15 is 0 Å². The molecule has 184 valence electrons. The van der Waals surface area contributed by atoms with Gasteiger partial charge in [0.05, 0.1) is 5.56 Å². The number of benzene rings is 3. The fraction of sp³-hybridized carbons (Fsp3) is 0.154. The first-order chi connectivity index (χ1) is 17.2. The van der Waals surface area contributed by atoms with Gasteiger partial charge in [0.2, 0.25) is 5.88 Å². The van der Waals surface area contributed by atoms with Crippen LogP contribution in [-0.2, 0) is 6.18 Å². The average molecular weight is 494 g/mol. The molecule has 10 heteroatoms. The predicted octanol–water partition coefficient (Wildman–Crippen LogP) is 5.83. The molecule has 0 spiro atoms. The number of hydrogen-bond donors (Lipinski definition) is 2. The van der Waals surface area contributed by atoms with Crippen molar-refractivity contribution >= 4 is 28.3 Å². The zero-order valence-corrected chi connectivity index (χ0v) is 19.1. The van der Waals surface area contributed by atoms with Gasteiger partial charge in [-0.1, -0.05) is 25.1 Å². The van der Waals surface area contributed by atoms with E-state index in [1.165, 1.54) is 24.5 Å². The van der Waals surface area contributed by atoms with Gasteiger partial charge in [-0.3, -0.25) is 9.59 Å². The van der Waals surface area contributed by atoms with Gasteiger partial charge in [0.1, 0.15) is 17.8 Å². The van der Waals surface area contributed by atoms with Crippen LogP contribution in [0.25, 0.3) is 10.8 Å². The summed E-state index contributed by atoms with van der Waals surface area (Å²) in [5.74, 6) is -0.299. The second-order valence-corrected chi connectivity index (χ2v) is 7.82. The Kier molecular flexibility index (Phi) is 7.14. The second kappa shape index (κ2) is 10.4. The molecule has 2 N–H and O–H groups in total. The molecule has 0 aliphatic heterocycles. The molecule has 36 heavy (non-hydrogen) atoms. The number of carbonyl (C=O) groups is 2. The summed E-state index contributed by atoms with van der Waals surface area (Å²) in [5, 5.41) is 6.50. The summed E-state index contributed by atoms with van der Waals surface area (Å²) in [6.45, 7) is 2.46. The Morgan fingerprint density at radius 2 is 1.75 bits per heavy atom. The summed E-state index contributed by atoms with van der Waals surface area (Å²) in [5.41, 5.74) is -0.360. The van der Waals surface area contributed by atoms with Gasteiger partial charge in [-0.2, -0.15) is 13.2 Å². The minimum absolute atomic E-state index is 0.0364. The molecule has 0 saturated carbocycles. The summed E-state index contributed by atoms with van der Waals surface area (Å²) < 4.78 is 44.8. The van der Waals surface area contributed by atoms with E-state index in [9.17, 15) is 22.8 Å². The molecule has 0 aliphatic rings. The van der Waals surface area contributed by atoms with Crippen LogP contribution in [0.1, 0.15) is 39.8 Å². The summed E-state index contributed by atoms with van der Waals surface area (Å²) in [7, 11) is 0. The maximum absolute atomic E-state index is 13.0. The minimum atomic E-state index is -4.51. The normalized spacial score (nSPS) is 11.2. The number of nitrogens with one attached hydrogen (secondary N) is 2. The molecule has 3 aromatic carbocycles. The first kappa shape index (κ1) is 24.6. The zero-order valence-electron chi connectivity index (χ0n) is 19.1. The molecular weight excluding hydrogens is 473 g/mol. The highest BCUT2D eigenvalue weighted by Gasteiger charge is 2.30. The SMILES string of the molecule is CCCNC(=O)c1cc(Oc2ccc3c(C(=O)Nc4cccc(C(F)(F)F)c4)cccc3c2)ncn1. The number of ether oxygens (including phenoxy) is 1. The van der Waals surface area contributed by atoms with Gasteiger partial charge in [0.25, 0.3) is 11.8 Å². The number of rotatable bonds is 7. The number of nitrogens with zero attached hydrogens (tertiary/aromatic N) is 2. The van der Waals surface area contributed by atoms with E-state index in [4.69, 9.17) is 4.74 Å². The number of hydrogen-bond acceptors (Lipinski definition) is 5. The van der Waals surface area contributed by atoms with Crippen LogP contribution >= 0.6 is 0 Å². The van der Waals surface area contributed by atoms with E-state index in [1.807, 2.05) is 6.92 Å². The topological polar surface area (TPSA) is 93.2 Å². The third kappa shape index (κ3) is 5.77. The van der Waals surface area contributed by atoms with Crippen LogP contribution in [0.2, 0.25) is 0 Å². The number of fused-ring (bicyclic) bond motifs is 1. The molecule has 4 aromatic rings. The van der Waals surface area contributed by atoms with Crippen LogP contribution in [0, 0.1) is 0 Å². The van der Waals surface area contributed by atoms with Gasteiger partial charge < -0.3 is 15.4 Å². The van der Waals surface area contributed by atoms with Gasteiger partial charge in [-0.15, -0.1) is 0 Å². The second-order valence-electron chi connectivity index (χ2n) is 7.82. The maximum atomic E-state index is 13.0. The first-order valence-electron chi connectivity index (χ1n) is 11.0. The summed E-state index contributed by atoms with van der Waals surface area (Å²) in [6, 6.07) is 15.9. The van der Waals surface area contributed by atoms with E-state index in [2.05, 4.69) is 20.6 Å². The molecular formula is C26H21F3N4O3. The Bertz CT molecular complexity index is 1420. The molecule has 2 amide bonds. The lowest BCUT2D eigenvalue weighted by Crippen LogP contribution is -2.24. The minimum Gasteiger partial charge on any atom is -0.439 e. The van der Waals surface area contributed by atoms with Crippen LogP contribution < -0.4 is 15.4 Å². The lowest BCUT2D eigenvalue weighted by molar-refractivity contribution is -0.137. The molecule has 0 fully saturated rings. The van der Waals surface area contributed by atoms with Crippen LogP contribution in [0.5, 0.6) is 11.6 Å². The third-order valence-corrected chi connectivity index (χ3v) is 5.18. The Labute approximate surface area is 204 Å². The van der Waals surface area contributed by atoms with Crippen molar-refractivity contribution in [2.45, 2.75) is 19.5 Å². The number of halogens is 3. The molecule has 0 bridgehead atoms. The standard InChI is InChI=1S/C26H21F3N4O3/c1-2-11-30-25(35)22-14-23(32-15-31-22)36-19-9-10-20-16(12-19)5-3-8-21(20)24(34)33-18-7-4-6-17(13-18)26(27,28)29/h3-10,12-15H,2,11H2,1H3,(H,30,35)(H,33,34). The summed E-state index contributed by atoms with van der Waals surface area (Å²) in [6.07, 6.45) is -2.50. The van der Waals surface area contributed by atoms with E-state index in [1.54, 1.807) is 36.4 Å². The van der Waals surface area contributed by atoms with Crippen molar-refractivity contribution in [2.24, 2.45) is 0 Å². The molecule has 0 atom stereocenters. The van der Waals surface area contributed by atoms with Gasteiger partial charge >= 0.3 is 6.18 Å². The van der Waals surface area contributed by atoms with E-state index in [-0.39, 0.29) is 28.7 Å². The van der Waals surface area contributed by atoms with Crippen molar-refractivity contribution in [3.05, 3.63) is 89.9 Å². The maximum Gasteiger partial charge on any atom is 0.416 e. The molecule has 0 radical (unpaired) electrons. The monoisotopic (exact) mass is 494 g/mol. The van der Waals surface area contributed by atoms with Crippen LogP contribution in [-0.4, -0.2) is 28.3 Å². The van der Waals surface area contributed by atoms with Gasteiger partial charge in [0.15, 0.2) is 0 Å². The molecule has 4 rings (SSSR count). The Hall–Kier alpha value is -4.47. The Morgan fingerprint density at radius 3 is 2.53 bits per heavy atom. The number of anilines is 1. The number of carbonyl (C=O) groups excluding carboxylic acids is 2. The van der Waals surface area contributed by atoms with E-state index < -0.39 is 17.6 Å². The van der Waals surface area contributed by atoms with Crippen LogP contribution in [0.3, 0.4) is 0 Å². The highest BCUT2D eigenvalue weighted by atomic mass is 19.4. The first-order valence-corrected chi connectivity index (χ1v) is 11.0. The van der Waals surface area contributed by atoms with Crippen molar-refractivity contribution < 1.29 is 27.5 Å². The van der Waals surface area contributed by atoms with Crippen LogP contribution in [0.15, 0.2) is 73.1 Å². The molecule has 0 saturated heterocycles. The van der Waals surface area contributed by atoms with Gasteiger partial charge in [-0.25, -0.2) is 9.97 Å². The fourth-order valence-corrected chi connectivity index (χ4v) is 3.46. The molecule has 7 nitrogen and oxygen atoms in total. The summed E-state index contributed by atoms with van der Waals surface area (Å²) >= 11 is 0. The van der Waals surface area contributed by atoms with Crippen molar-refractivity contribution in [1.82, 2.24) is 15.3 Å². The van der Waals surface area contributed by atoms with Crippen molar-refractivity contribution in [1.29, 1.82) is 0 Å². The van der Waals surface area contributed by atoms with Crippen molar-refractivity contribution in [3.8, 4) is 11.6 Å². The smallest absolute Gasteiger partial charge is 0.416 e. The third-order valence-electron chi connectivity index (χ3n) is 5.18. The van der Waals surface area contributed by atoms with E-state index in [0.29, 0.717) is 23.1 Å². The average Bonchev–Trinajstić information content (AvgIpc) is 2.86. The largest absolute Gasteiger partial charge is 0.439 e. The molecule has 1 aromatic heterocycles. The quantitative estimate of drug-likeness (QED) is 0.337.